The molecule has 0 unspecified atom stereocenters. The van der Waals surface area contributed by atoms with E-state index in [4.69, 9.17) is 4.42 Å². The first-order chi connectivity index (χ1) is 7.10. The standard InChI is InChI=1S/C14H16O/c1-11-9-10-13(15-11)14(2,3)12-7-5-4-6-8-12/h4-10H,1-3H3. The Morgan fingerprint density at radius 2 is 1.60 bits per heavy atom. The molecule has 78 valence electrons. The van der Waals surface area contributed by atoms with Gasteiger partial charge in [0.15, 0.2) is 0 Å². The molecule has 0 saturated heterocycles. The first-order valence-electron chi connectivity index (χ1n) is 5.23. The Labute approximate surface area is 90.7 Å². The van der Waals surface area contributed by atoms with E-state index in [2.05, 4.69) is 44.2 Å². The van der Waals surface area contributed by atoms with Gasteiger partial charge in [0.25, 0.3) is 0 Å². The molecule has 0 N–H and O–H groups in total. The zero-order chi connectivity index (χ0) is 10.9. The van der Waals surface area contributed by atoms with Gasteiger partial charge in [0.1, 0.15) is 11.5 Å². The van der Waals surface area contributed by atoms with Crippen LogP contribution in [0.15, 0.2) is 46.9 Å². The third kappa shape index (κ3) is 1.82. The summed E-state index contributed by atoms with van der Waals surface area (Å²) in [4.78, 5) is 0. The molecule has 0 atom stereocenters. The number of rotatable bonds is 2. The van der Waals surface area contributed by atoms with Crippen LogP contribution >= 0.6 is 0 Å². The van der Waals surface area contributed by atoms with Crippen molar-refractivity contribution in [3.05, 3.63) is 59.5 Å². The highest BCUT2D eigenvalue weighted by atomic mass is 16.3. The summed E-state index contributed by atoms with van der Waals surface area (Å²) in [7, 11) is 0. The fraction of sp³-hybridized carbons (Fsp3) is 0.286. The smallest absolute Gasteiger partial charge is 0.114 e. The average molecular weight is 200 g/mol. The maximum atomic E-state index is 5.70. The largest absolute Gasteiger partial charge is 0.465 e. The monoisotopic (exact) mass is 200 g/mol. The number of aryl methyl sites for hydroxylation is 1. The van der Waals surface area contributed by atoms with Gasteiger partial charge in [-0.1, -0.05) is 30.3 Å². The van der Waals surface area contributed by atoms with E-state index < -0.39 is 0 Å². The minimum atomic E-state index is -0.0600. The van der Waals surface area contributed by atoms with E-state index in [-0.39, 0.29) is 5.41 Å². The summed E-state index contributed by atoms with van der Waals surface area (Å²) in [6.45, 7) is 6.34. The van der Waals surface area contributed by atoms with Crippen molar-refractivity contribution in [1.82, 2.24) is 0 Å². The third-order valence-electron chi connectivity index (χ3n) is 2.85. The number of furan rings is 1. The molecule has 1 aromatic carbocycles. The lowest BCUT2D eigenvalue weighted by Crippen LogP contribution is -2.17. The van der Waals surface area contributed by atoms with Crippen LogP contribution in [0.5, 0.6) is 0 Å². The highest BCUT2D eigenvalue weighted by molar-refractivity contribution is 5.32. The molecule has 0 aliphatic carbocycles. The van der Waals surface area contributed by atoms with Crippen LogP contribution in [-0.4, -0.2) is 0 Å². The summed E-state index contributed by atoms with van der Waals surface area (Å²) in [5.74, 6) is 1.99. The molecule has 0 aliphatic heterocycles. The Morgan fingerprint density at radius 3 is 2.13 bits per heavy atom. The van der Waals surface area contributed by atoms with Gasteiger partial charge in [-0.2, -0.15) is 0 Å². The van der Waals surface area contributed by atoms with Crippen molar-refractivity contribution in [2.45, 2.75) is 26.2 Å². The third-order valence-corrected chi connectivity index (χ3v) is 2.85. The van der Waals surface area contributed by atoms with Crippen molar-refractivity contribution in [2.75, 3.05) is 0 Å². The van der Waals surface area contributed by atoms with Crippen molar-refractivity contribution >= 4 is 0 Å². The SMILES string of the molecule is Cc1ccc(C(C)(C)c2ccccc2)o1. The normalized spacial score (nSPS) is 11.7. The van der Waals surface area contributed by atoms with Gasteiger partial charge < -0.3 is 4.42 Å². The Kier molecular flexibility index (Phi) is 2.39. The van der Waals surface area contributed by atoms with Crippen LogP contribution in [0.1, 0.15) is 30.9 Å². The topological polar surface area (TPSA) is 13.1 Å². The molecule has 0 saturated carbocycles. The van der Waals surface area contributed by atoms with Crippen molar-refractivity contribution in [3.8, 4) is 0 Å². The molecular formula is C14H16O. The second kappa shape index (κ2) is 3.58. The van der Waals surface area contributed by atoms with Gasteiger partial charge >= 0.3 is 0 Å². The fourth-order valence-electron chi connectivity index (χ4n) is 1.77. The predicted molar refractivity (Wildman–Crippen MR) is 62.0 cm³/mol. The lowest BCUT2D eigenvalue weighted by molar-refractivity contribution is 0.413. The molecule has 2 rings (SSSR count). The highest BCUT2D eigenvalue weighted by Gasteiger charge is 2.25. The van der Waals surface area contributed by atoms with E-state index in [1.807, 2.05) is 19.1 Å². The van der Waals surface area contributed by atoms with Crippen LogP contribution < -0.4 is 0 Å². The molecule has 0 aliphatic rings. The van der Waals surface area contributed by atoms with Crippen molar-refractivity contribution in [2.24, 2.45) is 0 Å². The van der Waals surface area contributed by atoms with Gasteiger partial charge in [-0.05, 0) is 38.5 Å². The summed E-state index contributed by atoms with van der Waals surface area (Å²) in [6, 6.07) is 14.5. The molecular weight excluding hydrogens is 184 g/mol. The van der Waals surface area contributed by atoms with E-state index in [1.54, 1.807) is 0 Å². The summed E-state index contributed by atoms with van der Waals surface area (Å²) in [5.41, 5.74) is 1.22. The zero-order valence-corrected chi connectivity index (χ0v) is 9.45. The van der Waals surface area contributed by atoms with Crippen LogP contribution in [0.25, 0.3) is 0 Å². The number of hydrogen-bond acceptors (Lipinski definition) is 1. The van der Waals surface area contributed by atoms with E-state index in [0.717, 1.165) is 11.5 Å². The molecule has 0 amide bonds. The van der Waals surface area contributed by atoms with E-state index >= 15 is 0 Å². The maximum absolute atomic E-state index is 5.70. The van der Waals surface area contributed by atoms with Crippen LogP contribution in [0.3, 0.4) is 0 Å². The molecule has 2 aromatic rings. The van der Waals surface area contributed by atoms with Crippen LogP contribution in [0.2, 0.25) is 0 Å². The van der Waals surface area contributed by atoms with Gasteiger partial charge in [0, 0.05) is 5.41 Å². The van der Waals surface area contributed by atoms with E-state index in [1.165, 1.54) is 5.56 Å². The molecule has 1 nitrogen and oxygen atoms in total. The van der Waals surface area contributed by atoms with Crippen molar-refractivity contribution in [3.63, 3.8) is 0 Å². The van der Waals surface area contributed by atoms with Gasteiger partial charge in [0.05, 0.1) is 0 Å². The predicted octanol–water partition coefficient (Wildman–Crippen LogP) is 3.91. The minimum Gasteiger partial charge on any atom is -0.465 e. The minimum absolute atomic E-state index is 0.0600. The molecule has 1 heteroatoms. The number of benzene rings is 1. The Bertz CT molecular complexity index is 437. The molecule has 0 fully saturated rings. The lowest BCUT2D eigenvalue weighted by Gasteiger charge is -2.22. The second-order valence-electron chi connectivity index (χ2n) is 4.40. The Balaban J connectivity index is 2.43. The average Bonchev–Trinajstić information content (AvgIpc) is 2.67. The number of hydrogen-bond donors (Lipinski definition) is 0. The van der Waals surface area contributed by atoms with Gasteiger partial charge in [0.2, 0.25) is 0 Å². The molecule has 1 heterocycles. The Morgan fingerprint density at radius 1 is 0.933 bits per heavy atom. The molecule has 0 radical (unpaired) electrons. The first kappa shape index (κ1) is 10.0. The molecule has 0 spiro atoms. The molecule has 15 heavy (non-hydrogen) atoms. The van der Waals surface area contributed by atoms with Gasteiger partial charge in [-0.3, -0.25) is 0 Å². The molecule has 1 aromatic heterocycles. The summed E-state index contributed by atoms with van der Waals surface area (Å²) >= 11 is 0. The quantitative estimate of drug-likeness (QED) is 0.716. The van der Waals surface area contributed by atoms with Crippen LogP contribution in [-0.2, 0) is 5.41 Å². The molecule has 0 bridgehead atoms. The van der Waals surface area contributed by atoms with Crippen LogP contribution in [0, 0.1) is 6.92 Å². The van der Waals surface area contributed by atoms with E-state index in [9.17, 15) is 0 Å². The van der Waals surface area contributed by atoms with Gasteiger partial charge in [-0.15, -0.1) is 0 Å². The fourth-order valence-corrected chi connectivity index (χ4v) is 1.77. The maximum Gasteiger partial charge on any atom is 0.114 e. The zero-order valence-electron chi connectivity index (χ0n) is 9.45. The summed E-state index contributed by atoms with van der Waals surface area (Å²) in [6.07, 6.45) is 0. The van der Waals surface area contributed by atoms with Crippen molar-refractivity contribution in [1.29, 1.82) is 0 Å². The second-order valence-corrected chi connectivity index (χ2v) is 4.40. The summed E-state index contributed by atoms with van der Waals surface area (Å²) < 4.78 is 5.70. The van der Waals surface area contributed by atoms with Gasteiger partial charge in [-0.25, -0.2) is 0 Å². The van der Waals surface area contributed by atoms with Crippen LogP contribution in [0.4, 0.5) is 0 Å². The first-order valence-corrected chi connectivity index (χ1v) is 5.23. The summed E-state index contributed by atoms with van der Waals surface area (Å²) in [5, 5.41) is 0. The van der Waals surface area contributed by atoms with E-state index in [0.29, 0.717) is 0 Å². The lowest BCUT2D eigenvalue weighted by atomic mass is 9.82. The van der Waals surface area contributed by atoms with Crippen molar-refractivity contribution < 1.29 is 4.42 Å². The Hall–Kier alpha value is -1.50. The highest BCUT2D eigenvalue weighted by Crippen LogP contribution is 2.32.